The Bertz CT molecular complexity index is 382. The minimum absolute atomic E-state index is 0.0808. The van der Waals surface area contributed by atoms with E-state index >= 15 is 0 Å². The molecule has 152 valence electrons. The van der Waals surface area contributed by atoms with Gasteiger partial charge in [-0.1, -0.05) is 51.9 Å². The number of carbonyl (C=O) groups excluding carboxylic acids is 1. The van der Waals surface area contributed by atoms with E-state index < -0.39 is 0 Å². The molecule has 5 heteroatoms. The third-order valence-electron chi connectivity index (χ3n) is 4.75. The van der Waals surface area contributed by atoms with E-state index in [1.54, 1.807) is 0 Å². The van der Waals surface area contributed by atoms with Crippen LogP contribution < -0.4 is 5.32 Å². The van der Waals surface area contributed by atoms with Crippen molar-refractivity contribution < 1.29 is 9.53 Å². The summed E-state index contributed by atoms with van der Waals surface area (Å²) >= 11 is 4.29. The number of unbranched alkanes of at least 4 members (excludes halogenated alkanes) is 7. The number of hydrogen-bond acceptors (Lipinski definition) is 5. The van der Waals surface area contributed by atoms with Gasteiger partial charge in [-0.3, -0.25) is 4.79 Å². The molecule has 1 saturated heterocycles. The van der Waals surface area contributed by atoms with Gasteiger partial charge >= 0.3 is 5.97 Å². The van der Waals surface area contributed by atoms with E-state index in [0.29, 0.717) is 10.5 Å². The highest BCUT2D eigenvalue weighted by molar-refractivity contribution is 8.19. The lowest BCUT2D eigenvalue weighted by molar-refractivity contribution is -0.140. The van der Waals surface area contributed by atoms with Gasteiger partial charge in [0.05, 0.1) is 11.2 Å². The summed E-state index contributed by atoms with van der Waals surface area (Å²) in [4.78, 5) is 11.0. The van der Waals surface area contributed by atoms with E-state index in [4.69, 9.17) is 0 Å². The molecule has 0 aromatic heterocycles. The topological polar surface area (TPSA) is 38.3 Å². The second-order valence-corrected chi connectivity index (χ2v) is 10.2. The number of ether oxygens (including phenoxy) is 1. The van der Waals surface area contributed by atoms with Crippen LogP contribution in [-0.4, -0.2) is 35.2 Å². The first-order valence-electron chi connectivity index (χ1n) is 10.5. The van der Waals surface area contributed by atoms with E-state index in [1.807, 2.05) is 0 Å². The molecule has 0 saturated carbocycles. The van der Waals surface area contributed by atoms with Crippen molar-refractivity contribution in [1.29, 1.82) is 0 Å². The van der Waals surface area contributed by atoms with E-state index in [0.717, 1.165) is 19.4 Å². The van der Waals surface area contributed by atoms with Crippen molar-refractivity contribution in [3.05, 3.63) is 12.3 Å². The first-order chi connectivity index (χ1) is 12.7. The van der Waals surface area contributed by atoms with Gasteiger partial charge in [-0.25, -0.2) is 0 Å². The van der Waals surface area contributed by atoms with Crippen molar-refractivity contribution >= 4 is 29.5 Å². The Morgan fingerprint density at radius 1 is 1.04 bits per heavy atom. The highest BCUT2D eigenvalue weighted by Crippen LogP contribution is 2.46. The molecule has 0 bridgehead atoms. The molecular weight excluding hydrogens is 362 g/mol. The summed E-state index contributed by atoms with van der Waals surface area (Å²) < 4.78 is 4.97. The molecule has 1 aliphatic heterocycles. The molecule has 26 heavy (non-hydrogen) atoms. The molecule has 0 amide bonds. The van der Waals surface area contributed by atoms with Crippen molar-refractivity contribution in [2.75, 3.05) is 25.2 Å². The fourth-order valence-electron chi connectivity index (χ4n) is 3.11. The smallest absolute Gasteiger partial charge is 0.305 e. The van der Waals surface area contributed by atoms with Gasteiger partial charge in [0.25, 0.3) is 0 Å². The van der Waals surface area contributed by atoms with Gasteiger partial charge in [0.15, 0.2) is 0 Å². The molecule has 1 fully saturated rings. The van der Waals surface area contributed by atoms with Crippen molar-refractivity contribution in [2.45, 2.75) is 88.1 Å². The predicted molar refractivity (Wildman–Crippen MR) is 118 cm³/mol. The molecule has 3 nitrogen and oxygen atoms in total. The van der Waals surface area contributed by atoms with Crippen LogP contribution in [0.25, 0.3) is 0 Å². The van der Waals surface area contributed by atoms with Crippen LogP contribution in [0.5, 0.6) is 0 Å². The number of methoxy groups -OCH3 is 1. The zero-order chi connectivity index (χ0) is 18.9. The van der Waals surface area contributed by atoms with Gasteiger partial charge in [0.2, 0.25) is 0 Å². The molecular formula is C21H39NO2S2. The number of carbonyl (C=O) groups is 1. The molecule has 0 unspecified atom stereocenters. The van der Waals surface area contributed by atoms with Gasteiger partial charge in [0.1, 0.15) is 0 Å². The Morgan fingerprint density at radius 3 is 2.42 bits per heavy atom. The summed E-state index contributed by atoms with van der Waals surface area (Å²) in [5, 5.41) is 3.50. The molecule has 0 atom stereocenters. The normalized spacial score (nSPS) is 16.7. The van der Waals surface area contributed by atoms with E-state index in [2.05, 4.69) is 52.8 Å². The highest BCUT2D eigenvalue weighted by atomic mass is 32.2. The lowest BCUT2D eigenvalue weighted by Gasteiger charge is -2.33. The third kappa shape index (κ3) is 11.4. The van der Waals surface area contributed by atoms with Crippen LogP contribution in [0.2, 0.25) is 0 Å². The molecule has 0 aliphatic carbocycles. The minimum atomic E-state index is -0.0808. The molecule has 1 aliphatic rings. The van der Waals surface area contributed by atoms with Crippen LogP contribution in [0.3, 0.4) is 0 Å². The average molecular weight is 402 g/mol. The summed E-state index contributed by atoms with van der Waals surface area (Å²) in [7, 11) is 1.46. The zero-order valence-corrected chi connectivity index (χ0v) is 18.5. The predicted octanol–water partition coefficient (Wildman–Crippen LogP) is 6.14. The maximum Gasteiger partial charge on any atom is 0.305 e. The second kappa shape index (κ2) is 15.7. The summed E-state index contributed by atoms with van der Waals surface area (Å²) in [6.45, 7) is 3.35. The molecule has 0 aromatic rings. The lowest BCUT2D eigenvalue weighted by atomic mass is 10.1. The Morgan fingerprint density at radius 2 is 1.73 bits per heavy atom. The van der Waals surface area contributed by atoms with Crippen molar-refractivity contribution in [1.82, 2.24) is 5.32 Å². The van der Waals surface area contributed by atoms with Gasteiger partial charge in [-0.2, -0.15) is 0 Å². The Balaban J connectivity index is 2.06. The fourth-order valence-corrected chi connectivity index (χ4v) is 6.30. The lowest BCUT2D eigenvalue weighted by Crippen LogP contribution is -2.23. The van der Waals surface area contributed by atoms with Crippen LogP contribution >= 0.6 is 23.5 Å². The number of rotatable bonds is 15. The van der Waals surface area contributed by atoms with Crippen LogP contribution in [0.1, 0.15) is 84.0 Å². The number of esters is 1. The molecule has 0 radical (unpaired) electrons. The molecule has 1 rings (SSSR count). The standard InChI is InChI=1S/C21H39NO2S2/c1-3-4-10-14-21(25-18-12-19-26-21)15-17-22-16-11-8-6-5-7-9-13-20(23)24-2/h15,17,22H,3-14,16,18-19H2,1-2H3/b17-15+. The Hall–Kier alpha value is -0.290. The van der Waals surface area contributed by atoms with Gasteiger partial charge in [0, 0.05) is 13.0 Å². The highest BCUT2D eigenvalue weighted by Gasteiger charge is 2.30. The van der Waals surface area contributed by atoms with Gasteiger partial charge in [-0.05, 0) is 49.5 Å². The van der Waals surface area contributed by atoms with Crippen LogP contribution in [-0.2, 0) is 9.53 Å². The quantitative estimate of drug-likeness (QED) is 0.263. The molecule has 1 heterocycles. The summed E-state index contributed by atoms with van der Waals surface area (Å²) in [6.07, 6.45) is 19.0. The number of thioether (sulfide) groups is 2. The maximum absolute atomic E-state index is 11.0. The van der Waals surface area contributed by atoms with Gasteiger partial charge in [-0.15, -0.1) is 23.5 Å². The fraction of sp³-hybridized carbons (Fsp3) is 0.857. The van der Waals surface area contributed by atoms with E-state index in [-0.39, 0.29) is 5.97 Å². The molecule has 1 N–H and O–H groups in total. The third-order valence-corrected chi connectivity index (χ3v) is 8.10. The zero-order valence-electron chi connectivity index (χ0n) is 16.9. The first-order valence-corrected chi connectivity index (χ1v) is 12.5. The summed E-state index contributed by atoms with van der Waals surface area (Å²) in [5.41, 5.74) is 0. The van der Waals surface area contributed by atoms with Gasteiger partial charge < -0.3 is 10.1 Å². The van der Waals surface area contributed by atoms with E-state index in [9.17, 15) is 4.79 Å². The Kier molecular flexibility index (Phi) is 14.4. The number of nitrogens with one attached hydrogen (secondary N) is 1. The van der Waals surface area contributed by atoms with E-state index in [1.165, 1.54) is 76.4 Å². The summed E-state index contributed by atoms with van der Waals surface area (Å²) in [5.74, 6) is 2.53. The second-order valence-electron chi connectivity index (χ2n) is 7.05. The van der Waals surface area contributed by atoms with Crippen LogP contribution in [0.15, 0.2) is 12.3 Å². The first kappa shape index (κ1) is 23.7. The summed E-state index contributed by atoms with van der Waals surface area (Å²) in [6, 6.07) is 0. The maximum atomic E-state index is 11.0. The van der Waals surface area contributed by atoms with Crippen molar-refractivity contribution in [2.24, 2.45) is 0 Å². The van der Waals surface area contributed by atoms with Crippen LogP contribution in [0.4, 0.5) is 0 Å². The molecule has 0 spiro atoms. The van der Waals surface area contributed by atoms with Crippen molar-refractivity contribution in [3.8, 4) is 0 Å². The SMILES string of the molecule is CCCCCC1(/C=C/NCCCCCCCCC(=O)OC)SCCCS1. The number of hydrogen-bond donors (Lipinski definition) is 1. The Labute approximate surface area is 169 Å². The van der Waals surface area contributed by atoms with Crippen molar-refractivity contribution in [3.63, 3.8) is 0 Å². The monoisotopic (exact) mass is 401 g/mol. The molecule has 0 aromatic carbocycles. The van der Waals surface area contributed by atoms with Crippen LogP contribution in [0, 0.1) is 0 Å². The average Bonchev–Trinajstić information content (AvgIpc) is 2.67. The largest absolute Gasteiger partial charge is 0.469 e. The minimum Gasteiger partial charge on any atom is -0.469 e.